The molecule has 0 N–H and O–H groups in total. The van der Waals surface area contributed by atoms with Crippen LogP contribution in [0.25, 0.3) is 11.3 Å². The third-order valence-corrected chi connectivity index (χ3v) is 6.04. The van der Waals surface area contributed by atoms with E-state index in [1.807, 2.05) is 18.6 Å². The number of ether oxygens (including phenoxy) is 1. The summed E-state index contributed by atoms with van der Waals surface area (Å²) in [6.45, 7) is 7.37. The smallest absolute Gasteiger partial charge is 0.140 e. The van der Waals surface area contributed by atoms with Crippen LogP contribution in [0.5, 0.6) is 5.75 Å². The Morgan fingerprint density at radius 3 is 2.57 bits per heavy atom. The summed E-state index contributed by atoms with van der Waals surface area (Å²) in [4.78, 5) is 6.63. The van der Waals surface area contributed by atoms with Crippen molar-refractivity contribution in [1.82, 2.24) is 19.7 Å². The summed E-state index contributed by atoms with van der Waals surface area (Å²) in [6.07, 6.45) is 7.74. The minimum absolute atomic E-state index is 0.272. The number of hydrogen-bond donors (Lipinski definition) is 0. The summed E-state index contributed by atoms with van der Waals surface area (Å²) < 4.78 is 8.84. The number of likely N-dealkylation sites (tertiary alicyclic amines) is 1. The Balaban J connectivity index is 1.46. The van der Waals surface area contributed by atoms with E-state index < -0.39 is 0 Å². The number of rotatable bonds is 3. The highest BCUT2D eigenvalue weighted by Gasteiger charge is 2.45. The normalized spacial score (nSPS) is 18.0. The van der Waals surface area contributed by atoms with Crippen molar-refractivity contribution in [2.45, 2.75) is 44.9 Å². The molecule has 2 aliphatic rings. The van der Waals surface area contributed by atoms with E-state index in [-0.39, 0.29) is 5.60 Å². The third-order valence-electron chi connectivity index (χ3n) is 6.04. The molecule has 0 unspecified atom stereocenters. The van der Waals surface area contributed by atoms with Gasteiger partial charge in [-0.25, -0.2) is 0 Å². The maximum atomic E-state index is 6.69. The summed E-state index contributed by atoms with van der Waals surface area (Å²) in [7, 11) is 0. The number of pyridine rings is 1. The topological polar surface area (TPSA) is 43.2 Å². The van der Waals surface area contributed by atoms with Crippen LogP contribution in [-0.2, 0) is 12.1 Å². The second-order valence-electron chi connectivity index (χ2n) is 8.17. The SMILES string of the molecule is CC(C)n1ncc2c1-c1ccccc1OC21CCN(Cc2ccncc2)CC1. The van der Waals surface area contributed by atoms with E-state index in [1.54, 1.807) is 0 Å². The number of nitrogens with zero attached hydrogens (tertiary/aromatic N) is 4. The molecule has 28 heavy (non-hydrogen) atoms. The van der Waals surface area contributed by atoms with Gasteiger partial charge in [0.2, 0.25) is 0 Å². The monoisotopic (exact) mass is 374 g/mol. The number of aromatic nitrogens is 3. The standard InChI is InChI=1S/C23H26N4O/c1-17(2)27-22-19-5-3-4-6-21(19)28-23(20(22)15-25-27)9-13-26(14-10-23)16-18-7-11-24-12-8-18/h3-8,11-12,15,17H,9-10,13-14,16H2,1-2H3. The molecule has 144 valence electrons. The molecule has 3 aromatic rings. The second-order valence-corrected chi connectivity index (χ2v) is 8.17. The van der Waals surface area contributed by atoms with Gasteiger partial charge in [-0.1, -0.05) is 12.1 Å². The van der Waals surface area contributed by atoms with E-state index in [0.29, 0.717) is 6.04 Å². The van der Waals surface area contributed by atoms with Crippen molar-refractivity contribution in [1.29, 1.82) is 0 Å². The van der Waals surface area contributed by atoms with Crippen molar-refractivity contribution in [3.05, 3.63) is 66.1 Å². The Hall–Kier alpha value is -2.66. The van der Waals surface area contributed by atoms with E-state index in [4.69, 9.17) is 9.84 Å². The lowest BCUT2D eigenvalue weighted by atomic mass is 9.81. The fourth-order valence-corrected chi connectivity index (χ4v) is 4.56. The largest absolute Gasteiger partial charge is 0.482 e. The van der Waals surface area contributed by atoms with Gasteiger partial charge >= 0.3 is 0 Å². The van der Waals surface area contributed by atoms with Crippen molar-refractivity contribution < 1.29 is 4.74 Å². The van der Waals surface area contributed by atoms with E-state index >= 15 is 0 Å². The fraction of sp³-hybridized carbons (Fsp3) is 0.391. The van der Waals surface area contributed by atoms with Gasteiger partial charge in [-0.3, -0.25) is 14.6 Å². The second kappa shape index (κ2) is 6.74. The Labute approximate surface area is 166 Å². The zero-order chi connectivity index (χ0) is 19.1. The summed E-state index contributed by atoms with van der Waals surface area (Å²) in [5.74, 6) is 0.986. The molecule has 1 aromatic carbocycles. The quantitative estimate of drug-likeness (QED) is 0.681. The first-order valence-electron chi connectivity index (χ1n) is 10.1. The minimum Gasteiger partial charge on any atom is -0.482 e. The molecule has 0 radical (unpaired) electrons. The predicted molar refractivity (Wildman–Crippen MR) is 109 cm³/mol. The highest BCUT2D eigenvalue weighted by molar-refractivity contribution is 5.73. The number of piperidine rings is 1. The van der Waals surface area contributed by atoms with Crippen LogP contribution in [0, 0.1) is 0 Å². The van der Waals surface area contributed by atoms with Crippen LogP contribution in [0.3, 0.4) is 0 Å². The lowest BCUT2D eigenvalue weighted by Crippen LogP contribution is -2.47. The number of hydrogen-bond acceptors (Lipinski definition) is 4. The van der Waals surface area contributed by atoms with E-state index in [9.17, 15) is 0 Å². The van der Waals surface area contributed by atoms with Crippen LogP contribution < -0.4 is 4.74 Å². The average molecular weight is 374 g/mol. The molecule has 5 heteroatoms. The zero-order valence-electron chi connectivity index (χ0n) is 16.5. The zero-order valence-corrected chi connectivity index (χ0v) is 16.5. The Morgan fingerprint density at radius 2 is 1.82 bits per heavy atom. The Bertz CT molecular complexity index is 971. The molecule has 0 atom stereocenters. The van der Waals surface area contributed by atoms with Gasteiger partial charge in [0.25, 0.3) is 0 Å². The van der Waals surface area contributed by atoms with E-state index in [0.717, 1.165) is 43.8 Å². The van der Waals surface area contributed by atoms with Crippen molar-refractivity contribution >= 4 is 0 Å². The molecule has 2 aromatic heterocycles. The molecule has 0 saturated carbocycles. The van der Waals surface area contributed by atoms with Gasteiger partial charge in [-0.05, 0) is 43.7 Å². The van der Waals surface area contributed by atoms with E-state index in [2.05, 4.69) is 64.8 Å². The van der Waals surface area contributed by atoms with Gasteiger partial charge in [0.15, 0.2) is 0 Å². The van der Waals surface area contributed by atoms with Crippen molar-refractivity contribution in [2.24, 2.45) is 0 Å². The van der Waals surface area contributed by atoms with Gasteiger partial charge in [0.1, 0.15) is 11.4 Å². The number of para-hydroxylation sites is 1. The highest BCUT2D eigenvalue weighted by atomic mass is 16.5. The molecular formula is C23H26N4O. The van der Waals surface area contributed by atoms with Crippen LogP contribution in [-0.4, -0.2) is 32.8 Å². The van der Waals surface area contributed by atoms with Crippen molar-refractivity contribution in [2.75, 3.05) is 13.1 Å². The van der Waals surface area contributed by atoms with Gasteiger partial charge in [0.05, 0.1) is 11.9 Å². The molecule has 0 bridgehead atoms. The Morgan fingerprint density at radius 1 is 1.07 bits per heavy atom. The van der Waals surface area contributed by atoms with Gasteiger partial charge in [-0.15, -0.1) is 0 Å². The first-order valence-corrected chi connectivity index (χ1v) is 10.1. The summed E-state index contributed by atoms with van der Waals surface area (Å²) in [5.41, 5.74) is 4.69. The van der Waals surface area contributed by atoms with Gasteiger partial charge in [-0.2, -0.15) is 5.10 Å². The van der Waals surface area contributed by atoms with Crippen molar-refractivity contribution in [3.63, 3.8) is 0 Å². The molecular weight excluding hydrogens is 348 g/mol. The lowest BCUT2D eigenvalue weighted by molar-refractivity contribution is -0.00698. The molecule has 5 nitrogen and oxygen atoms in total. The Kier molecular flexibility index (Phi) is 4.20. The first-order chi connectivity index (χ1) is 13.7. The lowest BCUT2D eigenvalue weighted by Gasteiger charge is -2.44. The van der Waals surface area contributed by atoms with Gasteiger partial charge < -0.3 is 4.74 Å². The summed E-state index contributed by atoms with van der Waals surface area (Å²) in [5, 5.41) is 4.75. The molecule has 0 aliphatic carbocycles. The maximum absolute atomic E-state index is 6.69. The van der Waals surface area contributed by atoms with Crippen molar-refractivity contribution in [3.8, 4) is 17.0 Å². The van der Waals surface area contributed by atoms with E-state index in [1.165, 1.54) is 16.8 Å². The van der Waals surface area contributed by atoms with Crippen LogP contribution >= 0.6 is 0 Å². The van der Waals surface area contributed by atoms with Crippen LogP contribution in [0.4, 0.5) is 0 Å². The molecule has 2 aliphatic heterocycles. The molecule has 5 rings (SSSR count). The maximum Gasteiger partial charge on any atom is 0.140 e. The molecule has 1 saturated heterocycles. The first kappa shape index (κ1) is 17.4. The summed E-state index contributed by atoms with van der Waals surface area (Å²) in [6, 6.07) is 12.9. The van der Waals surface area contributed by atoms with Crippen LogP contribution in [0.1, 0.15) is 43.9 Å². The molecule has 1 fully saturated rings. The minimum atomic E-state index is -0.272. The highest BCUT2D eigenvalue weighted by Crippen LogP contribution is 2.50. The van der Waals surface area contributed by atoms with Crippen LogP contribution in [0.2, 0.25) is 0 Å². The summed E-state index contributed by atoms with van der Waals surface area (Å²) >= 11 is 0. The number of benzene rings is 1. The fourth-order valence-electron chi connectivity index (χ4n) is 4.56. The number of fused-ring (bicyclic) bond motifs is 4. The predicted octanol–water partition coefficient (Wildman–Crippen LogP) is 4.41. The van der Waals surface area contributed by atoms with Gasteiger partial charge in [0, 0.05) is 62.0 Å². The molecule has 0 amide bonds. The third kappa shape index (κ3) is 2.81. The molecule has 1 spiro atoms. The molecule has 4 heterocycles. The van der Waals surface area contributed by atoms with Crippen LogP contribution in [0.15, 0.2) is 55.0 Å². The average Bonchev–Trinajstić information content (AvgIpc) is 3.18.